The van der Waals surface area contributed by atoms with E-state index in [0.29, 0.717) is 11.8 Å². The predicted molar refractivity (Wildman–Crippen MR) is 63.0 cm³/mol. The van der Waals surface area contributed by atoms with E-state index in [9.17, 15) is 18.0 Å². The molecule has 0 bridgehead atoms. The van der Waals surface area contributed by atoms with E-state index in [1.54, 1.807) is 6.08 Å². The van der Waals surface area contributed by atoms with Crippen LogP contribution < -0.4 is 0 Å². The van der Waals surface area contributed by atoms with Gasteiger partial charge >= 0.3 is 12.1 Å². The van der Waals surface area contributed by atoms with Crippen molar-refractivity contribution in [2.75, 3.05) is 0 Å². The number of oxime groups is 1. The summed E-state index contributed by atoms with van der Waals surface area (Å²) in [4.78, 5) is 13.9. The minimum atomic E-state index is -5.01. The molecule has 0 aliphatic heterocycles. The molecule has 0 rings (SSSR count). The van der Waals surface area contributed by atoms with Crippen molar-refractivity contribution in [2.24, 2.45) is 17.0 Å². The van der Waals surface area contributed by atoms with Crippen LogP contribution in [0.2, 0.25) is 0 Å². The Morgan fingerprint density at radius 2 is 1.94 bits per heavy atom. The van der Waals surface area contributed by atoms with Gasteiger partial charge in [-0.2, -0.15) is 13.2 Å². The standard InChI is InChI=1S/C12H18F3NO2/c1-9(2)8-10(3)6-4-5-7-16-18-11(17)12(13,14)15/h4-5,7,9-10H,6,8H2,1-3H3/b5-4-,16-7+/t10-/m0/s1. The van der Waals surface area contributed by atoms with Crippen molar-refractivity contribution in [3.63, 3.8) is 0 Å². The molecule has 1 atom stereocenters. The first-order valence-electron chi connectivity index (χ1n) is 5.70. The highest BCUT2D eigenvalue weighted by Gasteiger charge is 2.41. The Labute approximate surface area is 105 Å². The van der Waals surface area contributed by atoms with Crippen molar-refractivity contribution < 1.29 is 22.8 Å². The van der Waals surface area contributed by atoms with Crippen molar-refractivity contribution in [1.29, 1.82) is 0 Å². The number of hydrogen-bond acceptors (Lipinski definition) is 3. The molecule has 6 heteroatoms. The second-order valence-corrected chi connectivity index (χ2v) is 4.53. The summed E-state index contributed by atoms with van der Waals surface area (Å²) in [5.74, 6) is -1.22. The molecule has 18 heavy (non-hydrogen) atoms. The highest BCUT2D eigenvalue weighted by Crippen LogP contribution is 2.16. The van der Waals surface area contributed by atoms with Gasteiger partial charge in [-0.3, -0.25) is 0 Å². The second kappa shape index (κ2) is 7.89. The number of nitrogens with zero attached hydrogens (tertiary/aromatic N) is 1. The fraction of sp³-hybridized carbons (Fsp3) is 0.667. The van der Waals surface area contributed by atoms with E-state index in [1.165, 1.54) is 6.08 Å². The zero-order chi connectivity index (χ0) is 14.2. The maximum absolute atomic E-state index is 11.7. The van der Waals surface area contributed by atoms with Crippen LogP contribution in [0.3, 0.4) is 0 Å². The summed E-state index contributed by atoms with van der Waals surface area (Å²) in [6.45, 7) is 6.34. The molecular weight excluding hydrogens is 247 g/mol. The van der Waals surface area contributed by atoms with Crippen LogP contribution in [-0.2, 0) is 9.63 Å². The molecule has 0 saturated carbocycles. The molecule has 3 nitrogen and oxygen atoms in total. The van der Waals surface area contributed by atoms with E-state index >= 15 is 0 Å². The molecule has 0 N–H and O–H groups in total. The average Bonchev–Trinajstić information content (AvgIpc) is 2.20. The minimum absolute atomic E-state index is 0.493. The molecule has 0 saturated heterocycles. The van der Waals surface area contributed by atoms with E-state index in [2.05, 4.69) is 30.8 Å². The van der Waals surface area contributed by atoms with Crippen LogP contribution in [0.5, 0.6) is 0 Å². The quantitative estimate of drug-likeness (QED) is 0.417. The molecule has 0 aliphatic rings. The van der Waals surface area contributed by atoms with Crippen LogP contribution in [0.15, 0.2) is 17.3 Å². The maximum Gasteiger partial charge on any atom is 0.493 e. The lowest BCUT2D eigenvalue weighted by atomic mass is 9.96. The topological polar surface area (TPSA) is 38.7 Å². The van der Waals surface area contributed by atoms with Gasteiger partial charge in [0.25, 0.3) is 0 Å². The molecule has 0 spiro atoms. The summed E-state index contributed by atoms with van der Waals surface area (Å²) in [6, 6.07) is 0. The molecule has 0 radical (unpaired) electrons. The molecule has 0 aliphatic carbocycles. The molecule has 0 aromatic heterocycles. The van der Waals surface area contributed by atoms with E-state index in [1.807, 2.05) is 0 Å². The lowest BCUT2D eigenvalue weighted by Gasteiger charge is -2.10. The van der Waals surface area contributed by atoms with Crippen molar-refractivity contribution >= 4 is 12.2 Å². The normalized spacial score (nSPS) is 14.6. The van der Waals surface area contributed by atoms with Gasteiger partial charge in [-0.1, -0.05) is 32.0 Å². The lowest BCUT2D eigenvalue weighted by molar-refractivity contribution is -0.199. The second-order valence-electron chi connectivity index (χ2n) is 4.53. The van der Waals surface area contributed by atoms with Gasteiger partial charge in [-0.15, -0.1) is 0 Å². The number of halogens is 3. The van der Waals surface area contributed by atoms with Gasteiger partial charge in [-0.05, 0) is 30.8 Å². The van der Waals surface area contributed by atoms with Crippen LogP contribution in [0.25, 0.3) is 0 Å². The average molecular weight is 265 g/mol. The summed E-state index contributed by atoms with van der Waals surface area (Å²) >= 11 is 0. The number of carbonyl (C=O) groups excluding carboxylic acids is 1. The minimum Gasteiger partial charge on any atom is -0.309 e. The zero-order valence-corrected chi connectivity index (χ0v) is 10.7. The number of alkyl halides is 3. The highest BCUT2D eigenvalue weighted by molar-refractivity contribution is 5.77. The van der Waals surface area contributed by atoms with Gasteiger partial charge in [0.1, 0.15) is 0 Å². The Hall–Kier alpha value is -1.33. The van der Waals surface area contributed by atoms with Crippen LogP contribution in [0.1, 0.15) is 33.6 Å². The van der Waals surface area contributed by atoms with Gasteiger partial charge < -0.3 is 4.84 Å². The SMILES string of the molecule is CC(C)C[C@@H](C)C/C=C\C=N\OC(=O)C(F)(F)F. The molecule has 0 aromatic rings. The third-order valence-electron chi connectivity index (χ3n) is 2.06. The first kappa shape index (κ1) is 16.7. The van der Waals surface area contributed by atoms with E-state index < -0.39 is 12.1 Å². The Balaban J connectivity index is 3.86. The van der Waals surface area contributed by atoms with E-state index in [-0.39, 0.29) is 0 Å². The van der Waals surface area contributed by atoms with E-state index in [4.69, 9.17) is 0 Å². The van der Waals surface area contributed by atoms with Gasteiger partial charge in [0.2, 0.25) is 0 Å². The largest absolute Gasteiger partial charge is 0.493 e. The van der Waals surface area contributed by atoms with Crippen molar-refractivity contribution in [3.8, 4) is 0 Å². The fourth-order valence-electron chi connectivity index (χ4n) is 1.44. The third kappa shape index (κ3) is 8.78. The Morgan fingerprint density at radius 1 is 1.33 bits per heavy atom. The summed E-state index contributed by atoms with van der Waals surface area (Å²) in [5, 5.41) is 2.91. The maximum atomic E-state index is 11.7. The number of carbonyl (C=O) groups is 1. The number of hydrogen-bond donors (Lipinski definition) is 0. The summed E-state index contributed by atoms with van der Waals surface area (Å²) in [5.41, 5.74) is 0. The van der Waals surface area contributed by atoms with Gasteiger partial charge in [0, 0.05) is 0 Å². The van der Waals surface area contributed by atoms with Crippen molar-refractivity contribution in [1.82, 2.24) is 0 Å². The molecule has 0 fully saturated rings. The summed E-state index contributed by atoms with van der Waals surface area (Å²) in [6.07, 6.45) is 1.12. The molecule has 0 aromatic carbocycles. The highest BCUT2D eigenvalue weighted by atomic mass is 19.4. The Morgan fingerprint density at radius 3 is 2.44 bits per heavy atom. The Bertz CT molecular complexity index is 309. The summed E-state index contributed by atoms with van der Waals surface area (Å²) in [7, 11) is 0. The van der Waals surface area contributed by atoms with Crippen LogP contribution >= 0.6 is 0 Å². The van der Waals surface area contributed by atoms with Crippen LogP contribution in [-0.4, -0.2) is 18.4 Å². The van der Waals surface area contributed by atoms with Crippen molar-refractivity contribution in [3.05, 3.63) is 12.2 Å². The molecule has 104 valence electrons. The Kier molecular flexibility index (Phi) is 7.31. The molecular formula is C12H18F3NO2. The first-order chi connectivity index (χ1) is 8.23. The smallest absolute Gasteiger partial charge is 0.309 e. The van der Waals surface area contributed by atoms with Gasteiger partial charge in [0.15, 0.2) is 0 Å². The number of rotatable bonds is 6. The fourth-order valence-corrected chi connectivity index (χ4v) is 1.44. The van der Waals surface area contributed by atoms with Crippen molar-refractivity contribution in [2.45, 2.75) is 39.8 Å². The lowest BCUT2D eigenvalue weighted by Crippen LogP contribution is -2.23. The molecule has 0 amide bonds. The van der Waals surface area contributed by atoms with Crippen LogP contribution in [0, 0.1) is 11.8 Å². The number of allylic oxidation sites excluding steroid dienone is 2. The molecule has 0 unspecified atom stereocenters. The monoisotopic (exact) mass is 265 g/mol. The first-order valence-corrected chi connectivity index (χ1v) is 5.70. The zero-order valence-electron chi connectivity index (χ0n) is 10.7. The van der Waals surface area contributed by atoms with Gasteiger partial charge in [-0.25, -0.2) is 4.79 Å². The van der Waals surface area contributed by atoms with E-state index in [0.717, 1.165) is 19.1 Å². The van der Waals surface area contributed by atoms with Crippen LogP contribution in [0.4, 0.5) is 13.2 Å². The van der Waals surface area contributed by atoms with Gasteiger partial charge in [0.05, 0.1) is 6.21 Å². The summed E-state index contributed by atoms with van der Waals surface area (Å²) < 4.78 is 35.1. The third-order valence-corrected chi connectivity index (χ3v) is 2.06. The molecule has 0 heterocycles. The predicted octanol–water partition coefficient (Wildman–Crippen LogP) is 3.71.